The lowest BCUT2D eigenvalue weighted by Crippen LogP contribution is -2.47. The van der Waals surface area contributed by atoms with Crippen LogP contribution < -0.4 is 21.7 Å². The Labute approximate surface area is 264 Å². The fraction of sp³-hybridized carbons (Fsp3) is 0.485. The maximum atomic E-state index is 12.5. The van der Waals surface area contributed by atoms with E-state index < -0.39 is 47.2 Å². The van der Waals surface area contributed by atoms with Crippen LogP contribution in [0.3, 0.4) is 0 Å². The topological polar surface area (TPSA) is 175 Å². The maximum absolute atomic E-state index is 12.5. The van der Waals surface area contributed by atoms with Gasteiger partial charge in [-0.1, -0.05) is 48.5 Å². The Morgan fingerprint density at radius 3 is 1.62 bits per heavy atom. The minimum atomic E-state index is -1.09. The summed E-state index contributed by atoms with van der Waals surface area (Å²) >= 11 is 0. The number of rotatable bonds is 9. The molecule has 0 unspecified atom stereocenters. The molecule has 1 aliphatic carbocycles. The van der Waals surface area contributed by atoms with Crippen LogP contribution in [0, 0.1) is 0 Å². The lowest BCUT2D eigenvalue weighted by Gasteiger charge is -2.22. The minimum absolute atomic E-state index is 0.0949. The summed E-state index contributed by atoms with van der Waals surface area (Å²) in [5.41, 5.74) is 8.64. The smallest absolute Gasteiger partial charge is 0.407 e. The van der Waals surface area contributed by atoms with E-state index in [1.54, 1.807) is 41.5 Å². The second-order valence-corrected chi connectivity index (χ2v) is 12.4. The van der Waals surface area contributed by atoms with E-state index in [1.807, 2.05) is 36.4 Å². The van der Waals surface area contributed by atoms with Gasteiger partial charge in [0.1, 0.15) is 23.9 Å². The summed E-state index contributed by atoms with van der Waals surface area (Å²) in [6.45, 7) is 10.6. The molecule has 0 saturated heterocycles. The Morgan fingerprint density at radius 2 is 1.18 bits per heavy atom. The number of alkyl carbamates (subject to hydrolysis) is 1. The van der Waals surface area contributed by atoms with Crippen LogP contribution in [-0.4, -0.2) is 73.8 Å². The molecule has 5 N–H and O–H groups in total. The van der Waals surface area contributed by atoms with Gasteiger partial charge in [0, 0.05) is 20.0 Å². The third-order valence-electron chi connectivity index (χ3n) is 6.38. The first-order valence-corrected chi connectivity index (χ1v) is 14.7. The molecule has 0 aromatic heterocycles. The number of benzene rings is 2. The summed E-state index contributed by atoms with van der Waals surface area (Å²) in [4.78, 5) is 58.9. The van der Waals surface area contributed by atoms with Crippen LogP contribution in [0.5, 0.6) is 0 Å². The van der Waals surface area contributed by atoms with E-state index >= 15 is 0 Å². The fourth-order valence-electron chi connectivity index (χ4n) is 4.56. The van der Waals surface area contributed by atoms with Gasteiger partial charge in [0.25, 0.3) is 0 Å². The van der Waals surface area contributed by atoms with Crippen molar-refractivity contribution in [3.8, 4) is 11.1 Å². The number of amides is 3. The van der Waals surface area contributed by atoms with Crippen molar-refractivity contribution in [2.24, 2.45) is 5.73 Å². The van der Waals surface area contributed by atoms with E-state index in [0.717, 1.165) is 22.3 Å². The third kappa shape index (κ3) is 11.9. The summed E-state index contributed by atoms with van der Waals surface area (Å²) < 4.78 is 15.7. The molecule has 0 heterocycles. The van der Waals surface area contributed by atoms with Crippen molar-refractivity contribution in [2.75, 3.05) is 20.7 Å². The summed E-state index contributed by atoms with van der Waals surface area (Å²) in [5.74, 6) is -2.01. The Bertz CT molecular complexity index is 1320. The van der Waals surface area contributed by atoms with Gasteiger partial charge in [0.05, 0.1) is 18.9 Å². The molecular formula is C33H46N4O8. The molecule has 246 valence electrons. The van der Waals surface area contributed by atoms with Crippen molar-refractivity contribution < 1.29 is 38.2 Å². The zero-order chi connectivity index (χ0) is 33.9. The number of esters is 2. The molecule has 0 bridgehead atoms. The number of nitrogens with one attached hydrogen (secondary N) is 3. The Morgan fingerprint density at radius 1 is 0.733 bits per heavy atom. The molecule has 0 spiro atoms. The van der Waals surface area contributed by atoms with Crippen LogP contribution in [0.2, 0.25) is 0 Å². The van der Waals surface area contributed by atoms with E-state index in [4.69, 9.17) is 19.9 Å². The van der Waals surface area contributed by atoms with Crippen molar-refractivity contribution in [2.45, 2.75) is 83.6 Å². The van der Waals surface area contributed by atoms with Crippen molar-refractivity contribution in [3.05, 3.63) is 59.7 Å². The lowest BCUT2D eigenvalue weighted by atomic mass is 9.98. The minimum Gasteiger partial charge on any atom is -0.460 e. The molecule has 0 radical (unpaired) electrons. The first-order chi connectivity index (χ1) is 21.0. The van der Waals surface area contributed by atoms with Crippen LogP contribution in [0.1, 0.15) is 71.4 Å². The van der Waals surface area contributed by atoms with Crippen molar-refractivity contribution in [1.82, 2.24) is 16.0 Å². The molecule has 0 fully saturated rings. The summed E-state index contributed by atoms with van der Waals surface area (Å²) in [5, 5.41) is 7.29. The van der Waals surface area contributed by atoms with Gasteiger partial charge in [-0.15, -0.1) is 0 Å². The standard InChI is InChI=1S/C24H28N2O5.C9H18N2O3/c1-24(2,3)31-21(27)13-20(22(28)25-4)26-23(29)30-14-19-17-11-7-5-9-15(17)16-10-6-8-12-18(16)19;1-9(2,3)14-7(12)5-6(10)8(13)11-4/h5-12,19-20H,13-14H2,1-4H3,(H,25,28)(H,26,29);6H,5,10H2,1-4H3,(H,11,13)/t20-;6-/m11/s1. The number of nitrogens with two attached hydrogens (primary N) is 1. The molecule has 2 aromatic carbocycles. The molecule has 3 amide bonds. The van der Waals surface area contributed by atoms with Crippen LogP contribution in [0.4, 0.5) is 4.79 Å². The molecule has 12 nitrogen and oxygen atoms in total. The van der Waals surface area contributed by atoms with Crippen LogP contribution in [-0.2, 0) is 33.4 Å². The highest BCUT2D eigenvalue weighted by molar-refractivity contribution is 5.89. The molecule has 45 heavy (non-hydrogen) atoms. The second kappa shape index (κ2) is 16.0. The van der Waals surface area contributed by atoms with E-state index in [-0.39, 0.29) is 31.3 Å². The monoisotopic (exact) mass is 626 g/mol. The highest BCUT2D eigenvalue weighted by atomic mass is 16.6. The largest absolute Gasteiger partial charge is 0.460 e. The SMILES string of the molecule is CNC(=O)[C@@H](CC(=O)OC(C)(C)C)NC(=O)OCC1c2ccccc2-c2ccccc21.CNC(=O)[C@H](N)CC(=O)OC(C)(C)C. The van der Waals surface area contributed by atoms with Gasteiger partial charge in [-0.3, -0.25) is 19.2 Å². The van der Waals surface area contributed by atoms with Gasteiger partial charge < -0.3 is 35.9 Å². The van der Waals surface area contributed by atoms with Crippen molar-refractivity contribution in [3.63, 3.8) is 0 Å². The van der Waals surface area contributed by atoms with Gasteiger partial charge in [-0.2, -0.15) is 0 Å². The number of carbonyl (C=O) groups excluding carboxylic acids is 5. The molecular weight excluding hydrogens is 580 g/mol. The average Bonchev–Trinajstić information content (AvgIpc) is 3.26. The highest BCUT2D eigenvalue weighted by Gasteiger charge is 2.31. The summed E-state index contributed by atoms with van der Waals surface area (Å²) in [6.07, 6.45) is -1.16. The highest BCUT2D eigenvalue weighted by Crippen LogP contribution is 2.44. The Kier molecular flexibility index (Phi) is 13.1. The Hall–Kier alpha value is -4.45. The zero-order valence-electron chi connectivity index (χ0n) is 27.3. The van der Waals surface area contributed by atoms with E-state index in [0.29, 0.717) is 0 Å². The van der Waals surface area contributed by atoms with Gasteiger partial charge in [0.2, 0.25) is 11.8 Å². The molecule has 1 aliphatic rings. The molecule has 0 aliphatic heterocycles. The molecule has 12 heteroatoms. The number of hydrogen-bond acceptors (Lipinski definition) is 9. The number of carbonyl (C=O) groups is 5. The predicted octanol–water partition coefficient (Wildman–Crippen LogP) is 3.16. The lowest BCUT2D eigenvalue weighted by molar-refractivity contribution is -0.157. The molecule has 2 atom stereocenters. The normalized spacial score (nSPS) is 13.4. The molecule has 2 aromatic rings. The number of fused-ring (bicyclic) bond motifs is 3. The van der Waals surface area contributed by atoms with Crippen LogP contribution >= 0.6 is 0 Å². The summed E-state index contributed by atoms with van der Waals surface area (Å²) in [6, 6.07) is 14.1. The van der Waals surface area contributed by atoms with Gasteiger partial charge >= 0.3 is 18.0 Å². The predicted molar refractivity (Wildman–Crippen MR) is 169 cm³/mol. The van der Waals surface area contributed by atoms with Crippen molar-refractivity contribution in [1.29, 1.82) is 0 Å². The van der Waals surface area contributed by atoms with E-state index in [2.05, 4.69) is 28.1 Å². The zero-order valence-corrected chi connectivity index (χ0v) is 27.3. The molecule has 0 saturated carbocycles. The maximum Gasteiger partial charge on any atom is 0.407 e. The fourth-order valence-corrected chi connectivity index (χ4v) is 4.56. The quantitative estimate of drug-likeness (QED) is 0.241. The Balaban J connectivity index is 0.000000426. The van der Waals surface area contributed by atoms with Gasteiger partial charge in [-0.05, 0) is 63.8 Å². The first kappa shape index (κ1) is 36.7. The first-order valence-electron chi connectivity index (χ1n) is 14.7. The van der Waals surface area contributed by atoms with Crippen LogP contribution in [0.15, 0.2) is 48.5 Å². The summed E-state index contributed by atoms with van der Waals surface area (Å²) in [7, 11) is 2.90. The number of likely N-dealkylation sites (N-methyl/N-ethyl adjacent to an activating group) is 2. The average molecular weight is 627 g/mol. The second-order valence-electron chi connectivity index (χ2n) is 12.4. The van der Waals surface area contributed by atoms with E-state index in [1.165, 1.54) is 14.1 Å². The van der Waals surface area contributed by atoms with E-state index in [9.17, 15) is 24.0 Å². The van der Waals surface area contributed by atoms with Gasteiger partial charge in [0.15, 0.2) is 0 Å². The number of ether oxygens (including phenoxy) is 3. The van der Waals surface area contributed by atoms with Crippen molar-refractivity contribution >= 4 is 29.8 Å². The third-order valence-corrected chi connectivity index (χ3v) is 6.38. The van der Waals surface area contributed by atoms with Crippen LogP contribution in [0.25, 0.3) is 11.1 Å². The van der Waals surface area contributed by atoms with Gasteiger partial charge in [-0.25, -0.2) is 4.79 Å². The number of hydrogen-bond donors (Lipinski definition) is 4. The molecule has 3 rings (SSSR count).